The molecule has 16 heavy (non-hydrogen) atoms. The Morgan fingerprint density at radius 2 is 2.38 bits per heavy atom. The van der Waals surface area contributed by atoms with Crippen LogP contribution in [0.1, 0.15) is 18.2 Å². The molecule has 0 fully saturated rings. The van der Waals surface area contributed by atoms with Crippen molar-refractivity contribution in [3.63, 3.8) is 0 Å². The first-order valence-corrected chi connectivity index (χ1v) is 4.72. The fraction of sp³-hybridized carbons (Fsp3) is 0.500. The molecule has 3 N–H and O–H groups in total. The second kappa shape index (κ2) is 3.56. The lowest BCUT2D eigenvalue weighted by molar-refractivity contribution is -0.387. The van der Waals surface area contributed by atoms with Gasteiger partial charge in [0, 0.05) is 0 Å². The lowest BCUT2D eigenvalue weighted by atomic mass is 10.2. The molecule has 1 aromatic heterocycles. The average Bonchev–Trinajstić information content (AvgIpc) is 2.60. The Morgan fingerprint density at radius 3 is 2.94 bits per heavy atom. The summed E-state index contributed by atoms with van der Waals surface area (Å²) < 4.78 is 1.37. The van der Waals surface area contributed by atoms with Gasteiger partial charge in [0.1, 0.15) is 5.69 Å². The van der Waals surface area contributed by atoms with Gasteiger partial charge in [0.15, 0.2) is 0 Å². The number of nitro groups is 1. The van der Waals surface area contributed by atoms with Gasteiger partial charge < -0.3 is 15.4 Å². The molecule has 8 heteroatoms. The molecule has 0 aromatic carbocycles. The number of nitrogens with two attached hydrogens (primary N) is 1. The number of fused-ring (bicyclic) bond motifs is 1. The number of nitrogens with zero attached hydrogens (tertiary/aromatic N) is 3. The number of anilines is 1. The van der Waals surface area contributed by atoms with E-state index in [-0.39, 0.29) is 24.3 Å². The standard InChI is InChI=1S/C8H10N4O4/c9-8-10-7(14)6(12(15)16)5-2-1-4(3-13)11(5)8/h4,13H,1-3H2,(H2,9,10,14). The van der Waals surface area contributed by atoms with Crippen LogP contribution in [0, 0.1) is 10.1 Å². The van der Waals surface area contributed by atoms with Crippen LogP contribution in [0.2, 0.25) is 0 Å². The first-order chi connectivity index (χ1) is 7.56. The zero-order chi connectivity index (χ0) is 11.9. The van der Waals surface area contributed by atoms with Gasteiger partial charge in [0.2, 0.25) is 5.95 Å². The van der Waals surface area contributed by atoms with Gasteiger partial charge in [0.25, 0.3) is 0 Å². The monoisotopic (exact) mass is 226 g/mol. The van der Waals surface area contributed by atoms with E-state index in [9.17, 15) is 14.9 Å². The van der Waals surface area contributed by atoms with Crippen molar-refractivity contribution in [2.45, 2.75) is 18.9 Å². The minimum Gasteiger partial charge on any atom is -0.394 e. The maximum Gasteiger partial charge on any atom is 0.355 e. The van der Waals surface area contributed by atoms with Crippen LogP contribution >= 0.6 is 0 Å². The summed E-state index contributed by atoms with van der Waals surface area (Å²) >= 11 is 0. The summed E-state index contributed by atoms with van der Waals surface area (Å²) in [6.07, 6.45) is 0.871. The number of nitrogen functional groups attached to an aromatic ring is 1. The zero-order valence-electron chi connectivity index (χ0n) is 8.29. The van der Waals surface area contributed by atoms with Crippen LogP contribution in [-0.2, 0) is 6.42 Å². The van der Waals surface area contributed by atoms with Crippen LogP contribution in [0.5, 0.6) is 0 Å². The summed E-state index contributed by atoms with van der Waals surface area (Å²) in [7, 11) is 0. The van der Waals surface area contributed by atoms with E-state index in [0.29, 0.717) is 12.8 Å². The molecule has 2 heterocycles. The van der Waals surface area contributed by atoms with Gasteiger partial charge in [-0.25, -0.2) is 0 Å². The molecule has 8 nitrogen and oxygen atoms in total. The highest BCUT2D eigenvalue weighted by atomic mass is 16.6. The Bertz CT molecular complexity index is 509. The first-order valence-electron chi connectivity index (χ1n) is 4.72. The predicted octanol–water partition coefficient (Wildman–Crippen LogP) is -0.787. The molecule has 0 spiro atoms. The fourth-order valence-electron chi connectivity index (χ4n) is 2.02. The molecule has 1 atom stereocenters. The molecule has 1 aromatic rings. The van der Waals surface area contributed by atoms with Gasteiger partial charge in [-0.2, -0.15) is 4.98 Å². The van der Waals surface area contributed by atoms with E-state index in [1.807, 2.05) is 0 Å². The molecule has 0 aliphatic carbocycles. The lowest BCUT2D eigenvalue weighted by Crippen LogP contribution is -2.23. The van der Waals surface area contributed by atoms with Crippen molar-refractivity contribution in [2.75, 3.05) is 12.3 Å². The highest BCUT2D eigenvalue weighted by Crippen LogP contribution is 2.31. The van der Waals surface area contributed by atoms with Crippen LogP contribution in [0.4, 0.5) is 11.6 Å². The minimum absolute atomic E-state index is 0.0813. The van der Waals surface area contributed by atoms with E-state index < -0.39 is 16.2 Å². The molecule has 0 bridgehead atoms. The number of hydrogen-bond donors (Lipinski definition) is 2. The molecule has 86 valence electrons. The van der Waals surface area contributed by atoms with Crippen molar-refractivity contribution >= 4 is 11.6 Å². The van der Waals surface area contributed by atoms with Crippen molar-refractivity contribution in [1.29, 1.82) is 0 Å². The molecular weight excluding hydrogens is 216 g/mol. The molecule has 0 amide bonds. The lowest BCUT2D eigenvalue weighted by Gasteiger charge is -2.13. The van der Waals surface area contributed by atoms with Crippen molar-refractivity contribution in [3.05, 3.63) is 26.2 Å². The van der Waals surface area contributed by atoms with Crippen LogP contribution in [-0.4, -0.2) is 26.2 Å². The highest BCUT2D eigenvalue weighted by Gasteiger charge is 2.32. The largest absolute Gasteiger partial charge is 0.394 e. The van der Waals surface area contributed by atoms with Gasteiger partial charge in [-0.1, -0.05) is 0 Å². The van der Waals surface area contributed by atoms with Gasteiger partial charge in [-0.05, 0) is 12.8 Å². The third kappa shape index (κ3) is 1.34. The van der Waals surface area contributed by atoms with Crippen molar-refractivity contribution < 1.29 is 10.0 Å². The van der Waals surface area contributed by atoms with E-state index in [0.717, 1.165) is 0 Å². The normalized spacial score (nSPS) is 18.4. The van der Waals surface area contributed by atoms with Crippen LogP contribution < -0.4 is 11.3 Å². The van der Waals surface area contributed by atoms with Crippen LogP contribution in [0.25, 0.3) is 0 Å². The number of rotatable bonds is 2. The zero-order valence-corrected chi connectivity index (χ0v) is 8.29. The number of aliphatic hydroxyl groups excluding tert-OH is 1. The maximum absolute atomic E-state index is 11.3. The number of aliphatic hydroxyl groups is 1. The maximum atomic E-state index is 11.3. The molecule has 1 unspecified atom stereocenters. The van der Waals surface area contributed by atoms with Crippen molar-refractivity contribution in [2.24, 2.45) is 0 Å². The Morgan fingerprint density at radius 1 is 1.69 bits per heavy atom. The first kappa shape index (κ1) is 10.6. The summed E-state index contributed by atoms with van der Waals surface area (Å²) in [5, 5.41) is 19.8. The Hall–Kier alpha value is -1.96. The Balaban J connectivity index is 2.73. The van der Waals surface area contributed by atoms with Crippen molar-refractivity contribution in [1.82, 2.24) is 9.55 Å². The quantitative estimate of drug-likeness (QED) is 0.503. The third-order valence-corrected chi connectivity index (χ3v) is 2.70. The number of aromatic nitrogens is 2. The fourth-order valence-corrected chi connectivity index (χ4v) is 2.02. The minimum atomic E-state index is -0.924. The summed E-state index contributed by atoms with van der Waals surface area (Å²) in [6, 6.07) is -0.332. The SMILES string of the molecule is Nc1nc(=O)c([N+](=O)[O-])c2n1C(CO)CC2. The molecule has 0 saturated carbocycles. The van der Waals surface area contributed by atoms with Gasteiger partial charge in [-0.3, -0.25) is 14.9 Å². The van der Waals surface area contributed by atoms with Gasteiger partial charge in [-0.15, -0.1) is 0 Å². The molecule has 0 saturated heterocycles. The highest BCUT2D eigenvalue weighted by molar-refractivity contribution is 5.41. The smallest absolute Gasteiger partial charge is 0.355 e. The van der Waals surface area contributed by atoms with E-state index in [2.05, 4.69) is 4.98 Å². The summed E-state index contributed by atoms with van der Waals surface area (Å²) in [5.41, 5.74) is 4.32. The molecular formula is C8H10N4O4. The predicted molar refractivity (Wildman–Crippen MR) is 54.0 cm³/mol. The molecule has 1 aliphatic rings. The average molecular weight is 226 g/mol. The van der Waals surface area contributed by atoms with Crippen LogP contribution in [0.15, 0.2) is 4.79 Å². The Kier molecular flexibility index (Phi) is 2.35. The van der Waals surface area contributed by atoms with E-state index >= 15 is 0 Å². The molecule has 1 aliphatic heterocycles. The summed E-state index contributed by atoms with van der Waals surface area (Å²) in [6.45, 7) is -0.182. The molecule has 2 rings (SSSR count). The van der Waals surface area contributed by atoms with Crippen LogP contribution in [0.3, 0.4) is 0 Å². The summed E-state index contributed by atoms with van der Waals surface area (Å²) in [4.78, 5) is 24.7. The van der Waals surface area contributed by atoms with Gasteiger partial charge >= 0.3 is 11.2 Å². The van der Waals surface area contributed by atoms with E-state index in [1.165, 1.54) is 4.57 Å². The van der Waals surface area contributed by atoms with Crippen molar-refractivity contribution in [3.8, 4) is 0 Å². The van der Waals surface area contributed by atoms with E-state index in [4.69, 9.17) is 10.8 Å². The second-order valence-corrected chi connectivity index (χ2v) is 3.57. The summed E-state index contributed by atoms with van der Waals surface area (Å²) in [5.74, 6) is -0.0813. The number of hydrogen-bond acceptors (Lipinski definition) is 6. The molecule has 0 radical (unpaired) electrons. The Labute approximate surface area is 89.5 Å². The van der Waals surface area contributed by atoms with E-state index in [1.54, 1.807) is 0 Å². The second-order valence-electron chi connectivity index (χ2n) is 3.57. The topological polar surface area (TPSA) is 124 Å². The van der Waals surface area contributed by atoms with Gasteiger partial charge in [0.05, 0.1) is 17.6 Å². The third-order valence-electron chi connectivity index (χ3n) is 2.70.